The first-order valence-corrected chi connectivity index (χ1v) is 6.51. The van der Waals surface area contributed by atoms with Crippen molar-refractivity contribution in [1.82, 2.24) is 9.88 Å². The van der Waals surface area contributed by atoms with Crippen LogP contribution in [0.4, 0.5) is 11.5 Å². The molecule has 1 aliphatic heterocycles. The van der Waals surface area contributed by atoms with Crippen molar-refractivity contribution >= 4 is 11.5 Å². The van der Waals surface area contributed by atoms with Gasteiger partial charge in [0.2, 0.25) is 0 Å². The molecule has 0 amide bonds. The summed E-state index contributed by atoms with van der Waals surface area (Å²) in [5, 5.41) is 0. The van der Waals surface area contributed by atoms with Crippen LogP contribution < -0.4 is 15.4 Å². The molecule has 2 heterocycles. The van der Waals surface area contributed by atoms with E-state index in [2.05, 4.69) is 21.7 Å². The van der Waals surface area contributed by atoms with Gasteiger partial charge in [0.25, 0.3) is 0 Å². The zero-order valence-electron chi connectivity index (χ0n) is 11.2. The van der Waals surface area contributed by atoms with Gasteiger partial charge in [-0.15, -0.1) is 0 Å². The Hall–Kier alpha value is -1.49. The van der Waals surface area contributed by atoms with Gasteiger partial charge in [0.1, 0.15) is 11.6 Å². The molecule has 0 aromatic carbocycles. The van der Waals surface area contributed by atoms with Gasteiger partial charge in [-0.2, -0.15) is 0 Å². The Labute approximate surface area is 109 Å². The third kappa shape index (κ3) is 2.85. The summed E-state index contributed by atoms with van der Waals surface area (Å²) in [6.45, 7) is 7.63. The van der Waals surface area contributed by atoms with Crippen LogP contribution in [0, 0.1) is 0 Å². The molecule has 1 aromatic heterocycles. The van der Waals surface area contributed by atoms with Gasteiger partial charge >= 0.3 is 0 Å². The average Bonchev–Trinajstić information content (AvgIpc) is 2.41. The van der Waals surface area contributed by atoms with Crippen molar-refractivity contribution in [3.8, 4) is 5.75 Å². The fourth-order valence-corrected chi connectivity index (χ4v) is 2.30. The van der Waals surface area contributed by atoms with Crippen LogP contribution in [-0.4, -0.2) is 49.7 Å². The molecule has 100 valence electrons. The highest BCUT2D eigenvalue weighted by atomic mass is 16.5. The molecule has 5 heteroatoms. The molecule has 18 heavy (non-hydrogen) atoms. The Kier molecular flexibility index (Phi) is 4.25. The van der Waals surface area contributed by atoms with Crippen LogP contribution in [0.5, 0.6) is 5.75 Å². The van der Waals surface area contributed by atoms with E-state index in [9.17, 15) is 0 Å². The van der Waals surface area contributed by atoms with E-state index in [1.54, 1.807) is 13.3 Å². The number of nitrogens with two attached hydrogens (primary N) is 1. The Balaban J connectivity index is 2.01. The number of pyridine rings is 1. The maximum Gasteiger partial charge on any atom is 0.147 e. The number of rotatable bonds is 4. The van der Waals surface area contributed by atoms with Crippen molar-refractivity contribution in [2.45, 2.75) is 13.3 Å². The number of aromatic nitrogens is 1. The fourth-order valence-electron chi connectivity index (χ4n) is 2.30. The third-order valence-corrected chi connectivity index (χ3v) is 3.34. The molecule has 1 saturated heterocycles. The topological polar surface area (TPSA) is 54.6 Å². The maximum absolute atomic E-state index is 5.78. The van der Waals surface area contributed by atoms with Gasteiger partial charge < -0.3 is 15.4 Å². The standard InChI is InChI=1S/C13H22N4O/c1-3-4-16-5-7-17(8-6-16)13-9-12(18-2)11(14)10-15-13/h9-10H,3-8,14H2,1-2H3. The lowest BCUT2D eigenvalue weighted by Gasteiger charge is -2.35. The van der Waals surface area contributed by atoms with E-state index in [-0.39, 0.29) is 0 Å². The lowest BCUT2D eigenvalue weighted by molar-refractivity contribution is 0.258. The van der Waals surface area contributed by atoms with Crippen LogP contribution in [0.15, 0.2) is 12.3 Å². The van der Waals surface area contributed by atoms with Gasteiger partial charge in [-0.05, 0) is 13.0 Å². The molecule has 0 saturated carbocycles. The number of piperazine rings is 1. The number of nitrogen functional groups attached to an aromatic ring is 1. The second kappa shape index (κ2) is 5.91. The number of nitrogens with zero attached hydrogens (tertiary/aromatic N) is 3. The number of hydrogen-bond acceptors (Lipinski definition) is 5. The smallest absolute Gasteiger partial charge is 0.147 e. The summed E-state index contributed by atoms with van der Waals surface area (Å²) >= 11 is 0. The maximum atomic E-state index is 5.78. The Morgan fingerprint density at radius 1 is 1.33 bits per heavy atom. The first-order valence-electron chi connectivity index (χ1n) is 6.51. The van der Waals surface area contributed by atoms with Crippen LogP contribution in [0.3, 0.4) is 0 Å². The Morgan fingerprint density at radius 3 is 2.67 bits per heavy atom. The molecular weight excluding hydrogens is 228 g/mol. The van der Waals surface area contributed by atoms with Gasteiger partial charge in [-0.1, -0.05) is 6.92 Å². The van der Waals surface area contributed by atoms with Crippen molar-refractivity contribution in [1.29, 1.82) is 0 Å². The SMILES string of the molecule is CCCN1CCN(c2cc(OC)c(N)cn2)CC1. The molecule has 5 nitrogen and oxygen atoms in total. The Morgan fingerprint density at radius 2 is 2.06 bits per heavy atom. The first-order chi connectivity index (χ1) is 8.74. The van der Waals surface area contributed by atoms with Crippen molar-refractivity contribution < 1.29 is 4.74 Å². The minimum Gasteiger partial charge on any atom is -0.494 e. The molecule has 0 bridgehead atoms. The molecule has 0 unspecified atom stereocenters. The largest absolute Gasteiger partial charge is 0.494 e. The first kappa shape index (κ1) is 13.0. The van der Waals surface area contributed by atoms with E-state index < -0.39 is 0 Å². The summed E-state index contributed by atoms with van der Waals surface area (Å²) in [6, 6.07) is 1.92. The van der Waals surface area contributed by atoms with E-state index in [1.807, 2.05) is 6.07 Å². The number of methoxy groups -OCH3 is 1. The quantitative estimate of drug-likeness (QED) is 0.870. The highest BCUT2D eigenvalue weighted by Crippen LogP contribution is 2.25. The van der Waals surface area contributed by atoms with Crippen molar-refractivity contribution in [3.63, 3.8) is 0 Å². The van der Waals surface area contributed by atoms with Crippen molar-refractivity contribution in [2.75, 3.05) is 50.5 Å². The summed E-state index contributed by atoms with van der Waals surface area (Å²) in [7, 11) is 1.63. The Bertz CT molecular complexity index is 389. The molecule has 1 aliphatic rings. The lowest BCUT2D eigenvalue weighted by atomic mass is 10.2. The molecule has 0 radical (unpaired) electrons. The van der Waals surface area contributed by atoms with Crippen molar-refractivity contribution in [2.24, 2.45) is 0 Å². The molecule has 2 rings (SSSR count). The molecule has 1 aromatic rings. The summed E-state index contributed by atoms with van der Waals surface area (Å²) in [5.74, 6) is 1.66. The van der Waals surface area contributed by atoms with E-state index >= 15 is 0 Å². The fraction of sp³-hybridized carbons (Fsp3) is 0.615. The van der Waals surface area contributed by atoms with E-state index in [0.717, 1.165) is 32.0 Å². The second-order valence-electron chi connectivity index (χ2n) is 4.61. The van der Waals surface area contributed by atoms with Crippen molar-refractivity contribution in [3.05, 3.63) is 12.3 Å². The molecule has 0 aliphatic carbocycles. The zero-order valence-corrected chi connectivity index (χ0v) is 11.2. The highest BCUT2D eigenvalue weighted by molar-refractivity contribution is 5.57. The highest BCUT2D eigenvalue weighted by Gasteiger charge is 2.18. The minimum atomic E-state index is 0.589. The van der Waals surface area contributed by atoms with Crippen LogP contribution >= 0.6 is 0 Å². The number of ether oxygens (including phenoxy) is 1. The van der Waals surface area contributed by atoms with E-state index in [4.69, 9.17) is 10.5 Å². The van der Waals surface area contributed by atoms with Crippen LogP contribution in [0.2, 0.25) is 0 Å². The predicted octanol–water partition coefficient (Wildman–Crippen LogP) is 1.20. The number of anilines is 2. The molecule has 0 atom stereocenters. The molecular formula is C13H22N4O. The summed E-state index contributed by atoms with van der Waals surface area (Å²) in [4.78, 5) is 9.16. The van der Waals surface area contributed by atoms with Crippen LogP contribution in [-0.2, 0) is 0 Å². The van der Waals surface area contributed by atoms with Gasteiger partial charge in [-0.25, -0.2) is 4.98 Å². The van der Waals surface area contributed by atoms with Gasteiger partial charge in [0, 0.05) is 32.2 Å². The monoisotopic (exact) mass is 250 g/mol. The molecule has 2 N–H and O–H groups in total. The van der Waals surface area contributed by atoms with E-state index in [0.29, 0.717) is 11.4 Å². The summed E-state index contributed by atoms with van der Waals surface area (Å²) in [6.07, 6.45) is 2.89. The normalized spacial score (nSPS) is 16.9. The van der Waals surface area contributed by atoms with Gasteiger partial charge in [-0.3, -0.25) is 4.90 Å². The minimum absolute atomic E-state index is 0.589. The number of hydrogen-bond donors (Lipinski definition) is 1. The van der Waals surface area contributed by atoms with Gasteiger partial charge in [0.05, 0.1) is 19.0 Å². The predicted molar refractivity (Wildman–Crippen MR) is 74.1 cm³/mol. The average molecular weight is 250 g/mol. The molecule has 1 fully saturated rings. The molecule has 0 spiro atoms. The van der Waals surface area contributed by atoms with E-state index in [1.165, 1.54) is 13.0 Å². The summed E-state index contributed by atoms with van der Waals surface area (Å²) < 4.78 is 5.23. The van der Waals surface area contributed by atoms with Crippen LogP contribution in [0.1, 0.15) is 13.3 Å². The summed E-state index contributed by atoms with van der Waals surface area (Å²) in [5.41, 5.74) is 6.37. The second-order valence-corrected chi connectivity index (χ2v) is 4.61. The van der Waals surface area contributed by atoms with Crippen LogP contribution in [0.25, 0.3) is 0 Å². The third-order valence-electron chi connectivity index (χ3n) is 3.34. The van der Waals surface area contributed by atoms with Gasteiger partial charge in [0.15, 0.2) is 0 Å². The zero-order chi connectivity index (χ0) is 13.0. The lowest BCUT2D eigenvalue weighted by Crippen LogP contribution is -2.46.